The van der Waals surface area contributed by atoms with E-state index in [-0.39, 0.29) is 22.6 Å². The van der Waals surface area contributed by atoms with Crippen LogP contribution in [0.1, 0.15) is 5.56 Å². The maximum absolute atomic E-state index is 13.3. The van der Waals surface area contributed by atoms with Crippen LogP contribution < -0.4 is 11.2 Å². The number of carbonyl (C=O) groups is 1. The van der Waals surface area contributed by atoms with Crippen molar-refractivity contribution < 1.29 is 18.7 Å². The summed E-state index contributed by atoms with van der Waals surface area (Å²) in [6.45, 7) is 0. The van der Waals surface area contributed by atoms with Crippen LogP contribution in [0, 0.1) is 5.82 Å². The summed E-state index contributed by atoms with van der Waals surface area (Å²) < 4.78 is 18.9. The van der Waals surface area contributed by atoms with Gasteiger partial charge in [-0.05, 0) is 42.3 Å². The van der Waals surface area contributed by atoms with Crippen molar-refractivity contribution in [2.24, 2.45) is 5.73 Å². The first kappa shape index (κ1) is 14.2. The summed E-state index contributed by atoms with van der Waals surface area (Å²) in [5.41, 5.74) is 6.39. The van der Waals surface area contributed by atoms with Gasteiger partial charge in [0.25, 0.3) is 0 Å². The van der Waals surface area contributed by atoms with Gasteiger partial charge in [0, 0.05) is 0 Å². The molecule has 5 nitrogen and oxygen atoms in total. The third-order valence-electron chi connectivity index (χ3n) is 3.47. The molecule has 1 aromatic heterocycles. The van der Waals surface area contributed by atoms with E-state index in [1.807, 2.05) is 0 Å². The Bertz CT molecular complexity index is 948. The SMILES string of the molecule is NC(Cc1ccc2oc3ccc(F)cc3c(=O)c2c1)C(=O)O. The van der Waals surface area contributed by atoms with Gasteiger partial charge in [-0.2, -0.15) is 0 Å². The Balaban J connectivity index is 2.19. The predicted molar refractivity (Wildman–Crippen MR) is 79.3 cm³/mol. The molecular weight excluding hydrogens is 289 g/mol. The molecule has 0 aliphatic carbocycles. The number of aliphatic carboxylic acids is 1. The van der Waals surface area contributed by atoms with Crippen molar-refractivity contribution in [3.8, 4) is 0 Å². The van der Waals surface area contributed by atoms with Gasteiger partial charge in [0.2, 0.25) is 5.43 Å². The number of benzene rings is 2. The monoisotopic (exact) mass is 301 g/mol. The number of fused-ring (bicyclic) bond motifs is 2. The highest BCUT2D eigenvalue weighted by molar-refractivity contribution is 5.90. The van der Waals surface area contributed by atoms with Gasteiger partial charge in [0.1, 0.15) is 23.0 Å². The minimum absolute atomic E-state index is 0.0892. The first-order valence-electron chi connectivity index (χ1n) is 6.59. The van der Waals surface area contributed by atoms with Crippen LogP contribution in [-0.2, 0) is 11.2 Å². The van der Waals surface area contributed by atoms with Crippen LogP contribution in [0.2, 0.25) is 0 Å². The van der Waals surface area contributed by atoms with Crippen LogP contribution in [0.25, 0.3) is 21.9 Å². The third-order valence-corrected chi connectivity index (χ3v) is 3.47. The molecule has 1 unspecified atom stereocenters. The molecule has 3 aromatic rings. The Morgan fingerprint density at radius 1 is 1.18 bits per heavy atom. The third kappa shape index (κ3) is 2.44. The Morgan fingerprint density at radius 3 is 2.50 bits per heavy atom. The van der Waals surface area contributed by atoms with Crippen molar-refractivity contribution in [1.29, 1.82) is 0 Å². The molecule has 22 heavy (non-hydrogen) atoms. The summed E-state index contributed by atoms with van der Waals surface area (Å²) in [5, 5.41) is 9.25. The lowest BCUT2D eigenvalue weighted by Crippen LogP contribution is -2.32. The number of carboxylic acid groups (broad SMARTS) is 1. The number of hydrogen-bond donors (Lipinski definition) is 2. The molecule has 1 heterocycles. The molecule has 0 bridgehead atoms. The first-order chi connectivity index (χ1) is 10.5. The van der Waals surface area contributed by atoms with Gasteiger partial charge >= 0.3 is 5.97 Å². The van der Waals surface area contributed by atoms with Crippen molar-refractivity contribution in [3.05, 3.63) is 58.0 Å². The Kier molecular flexibility index (Phi) is 3.38. The van der Waals surface area contributed by atoms with Gasteiger partial charge in [0.15, 0.2) is 0 Å². The molecule has 0 saturated heterocycles. The lowest BCUT2D eigenvalue weighted by molar-refractivity contribution is -0.138. The number of halogens is 1. The summed E-state index contributed by atoms with van der Waals surface area (Å²) in [4.78, 5) is 23.2. The van der Waals surface area contributed by atoms with E-state index in [0.29, 0.717) is 16.7 Å². The number of nitrogens with two attached hydrogens (primary N) is 1. The first-order valence-corrected chi connectivity index (χ1v) is 6.59. The lowest BCUT2D eigenvalue weighted by atomic mass is 10.0. The quantitative estimate of drug-likeness (QED) is 0.722. The highest BCUT2D eigenvalue weighted by Crippen LogP contribution is 2.20. The normalized spacial score (nSPS) is 12.6. The van der Waals surface area contributed by atoms with Crippen molar-refractivity contribution >= 4 is 27.9 Å². The Morgan fingerprint density at radius 2 is 1.82 bits per heavy atom. The Hall–Kier alpha value is -2.73. The number of rotatable bonds is 3. The molecule has 3 rings (SSSR count). The van der Waals surface area contributed by atoms with E-state index in [9.17, 15) is 14.0 Å². The second-order valence-corrected chi connectivity index (χ2v) is 5.05. The largest absolute Gasteiger partial charge is 0.480 e. The van der Waals surface area contributed by atoms with Crippen molar-refractivity contribution in [3.63, 3.8) is 0 Å². The van der Waals surface area contributed by atoms with Crippen LogP contribution in [0.5, 0.6) is 0 Å². The molecule has 3 N–H and O–H groups in total. The Labute approximate surface area is 123 Å². The van der Waals surface area contributed by atoms with Crippen molar-refractivity contribution in [2.75, 3.05) is 0 Å². The van der Waals surface area contributed by atoms with Gasteiger partial charge in [-0.25, -0.2) is 4.39 Å². The van der Waals surface area contributed by atoms with Crippen LogP contribution >= 0.6 is 0 Å². The van der Waals surface area contributed by atoms with Crippen LogP contribution in [-0.4, -0.2) is 17.1 Å². The molecule has 1 atom stereocenters. The van der Waals surface area contributed by atoms with E-state index in [4.69, 9.17) is 15.3 Å². The predicted octanol–water partition coefficient (Wildman–Crippen LogP) is 2.04. The van der Waals surface area contributed by atoms with Crippen LogP contribution in [0.3, 0.4) is 0 Å². The molecule has 2 aromatic carbocycles. The average Bonchev–Trinajstić information content (AvgIpc) is 2.49. The van der Waals surface area contributed by atoms with Crippen molar-refractivity contribution in [2.45, 2.75) is 12.5 Å². The minimum atomic E-state index is -1.12. The van der Waals surface area contributed by atoms with E-state index in [1.54, 1.807) is 12.1 Å². The van der Waals surface area contributed by atoms with Crippen molar-refractivity contribution in [1.82, 2.24) is 0 Å². The number of hydrogen-bond acceptors (Lipinski definition) is 4. The van der Waals surface area contributed by atoms with Crippen LogP contribution in [0.15, 0.2) is 45.6 Å². The molecule has 0 saturated carbocycles. The van der Waals surface area contributed by atoms with Gasteiger partial charge in [0.05, 0.1) is 10.8 Å². The standard InChI is InChI=1S/C16H12FNO4/c17-9-2-4-14-11(7-9)15(19)10-5-8(1-3-13(10)22-14)6-12(18)16(20)21/h1-5,7,12H,6,18H2,(H,20,21). The fourth-order valence-electron chi connectivity index (χ4n) is 2.34. The maximum Gasteiger partial charge on any atom is 0.320 e. The fraction of sp³-hybridized carbons (Fsp3) is 0.125. The lowest BCUT2D eigenvalue weighted by Gasteiger charge is -2.07. The molecular formula is C16H12FNO4. The second kappa shape index (κ2) is 5.23. The molecule has 0 fully saturated rings. The second-order valence-electron chi connectivity index (χ2n) is 5.05. The zero-order chi connectivity index (χ0) is 15.9. The molecule has 112 valence electrons. The zero-order valence-electron chi connectivity index (χ0n) is 11.4. The van der Waals surface area contributed by atoms with E-state index in [0.717, 1.165) is 6.07 Å². The number of carboxylic acids is 1. The topological polar surface area (TPSA) is 93.5 Å². The highest BCUT2D eigenvalue weighted by atomic mass is 19.1. The van der Waals surface area contributed by atoms with Gasteiger partial charge in [-0.3, -0.25) is 9.59 Å². The molecule has 0 spiro atoms. The van der Waals surface area contributed by atoms with Crippen LogP contribution in [0.4, 0.5) is 4.39 Å². The van der Waals surface area contributed by atoms with E-state index < -0.39 is 17.8 Å². The van der Waals surface area contributed by atoms with E-state index >= 15 is 0 Å². The minimum Gasteiger partial charge on any atom is -0.480 e. The molecule has 0 aliphatic rings. The smallest absolute Gasteiger partial charge is 0.320 e. The summed E-state index contributed by atoms with van der Waals surface area (Å²) in [6, 6.07) is 7.47. The average molecular weight is 301 g/mol. The van der Waals surface area contributed by atoms with Gasteiger partial charge in [-0.15, -0.1) is 0 Å². The molecule has 6 heteroatoms. The molecule has 0 aliphatic heterocycles. The molecule has 0 radical (unpaired) electrons. The zero-order valence-corrected chi connectivity index (χ0v) is 11.4. The van der Waals surface area contributed by atoms with E-state index in [2.05, 4.69) is 0 Å². The van der Waals surface area contributed by atoms with Gasteiger partial charge < -0.3 is 15.3 Å². The summed E-state index contributed by atoms with van der Waals surface area (Å²) in [5.74, 6) is -1.64. The maximum atomic E-state index is 13.3. The fourth-order valence-corrected chi connectivity index (χ4v) is 2.34. The summed E-state index contributed by atoms with van der Waals surface area (Å²) >= 11 is 0. The van der Waals surface area contributed by atoms with Gasteiger partial charge in [-0.1, -0.05) is 6.07 Å². The summed E-state index contributed by atoms with van der Waals surface area (Å²) in [7, 11) is 0. The highest BCUT2D eigenvalue weighted by Gasteiger charge is 2.14. The molecule has 0 amide bonds. The van der Waals surface area contributed by atoms with E-state index in [1.165, 1.54) is 18.2 Å². The summed E-state index contributed by atoms with van der Waals surface area (Å²) in [6.07, 6.45) is 0.0892.